The molecule has 1 N–H and O–H groups in total. The molecule has 3 aromatic rings. The monoisotopic (exact) mass is 348 g/mol. The summed E-state index contributed by atoms with van der Waals surface area (Å²) in [4.78, 5) is 12.4. The predicted octanol–water partition coefficient (Wildman–Crippen LogP) is 2.72. The van der Waals surface area contributed by atoms with Gasteiger partial charge in [0.15, 0.2) is 0 Å². The molecule has 0 saturated heterocycles. The Kier molecular flexibility index (Phi) is 5.13. The Hall–Kier alpha value is -3.40. The Labute approximate surface area is 151 Å². The van der Waals surface area contributed by atoms with Gasteiger partial charge in [-0.3, -0.25) is 9.48 Å². The number of amides is 1. The van der Waals surface area contributed by atoms with E-state index in [0.717, 1.165) is 12.2 Å². The van der Waals surface area contributed by atoms with Gasteiger partial charge in [0.25, 0.3) is 5.91 Å². The van der Waals surface area contributed by atoms with E-state index < -0.39 is 6.04 Å². The molecule has 0 bridgehead atoms. The fourth-order valence-electron chi connectivity index (χ4n) is 2.57. The maximum atomic E-state index is 12.4. The molecule has 26 heavy (non-hydrogen) atoms. The van der Waals surface area contributed by atoms with Crippen LogP contribution in [-0.4, -0.2) is 25.5 Å². The molecule has 1 aromatic carbocycles. The number of aromatic nitrogens is 4. The first-order valence-corrected chi connectivity index (χ1v) is 8.39. The minimum atomic E-state index is -0.784. The third-order valence-corrected chi connectivity index (χ3v) is 3.81. The highest BCUT2D eigenvalue weighted by Crippen LogP contribution is 2.15. The molecule has 0 aliphatic rings. The average Bonchev–Trinajstić information content (AvgIpc) is 3.29. The van der Waals surface area contributed by atoms with Crippen molar-refractivity contribution >= 4 is 5.91 Å². The van der Waals surface area contributed by atoms with Gasteiger partial charge in [-0.2, -0.15) is 15.5 Å². The number of carbonyl (C=O) groups is 1. The lowest BCUT2D eigenvalue weighted by Crippen LogP contribution is -2.27. The molecule has 1 unspecified atom stereocenters. The molecule has 7 nitrogen and oxygen atoms in total. The highest BCUT2D eigenvalue weighted by Gasteiger charge is 2.18. The van der Waals surface area contributed by atoms with E-state index in [9.17, 15) is 10.1 Å². The summed E-state index contributed by atoms with van der Waals surface area (Å²) in [5.41, 5.74) is 1.94. The summed E-state index contributed by atoms with van der Waals surface area (Å²) in [5.74, 6) is 0.0977. The van der Waals surface area contributed by atoms with Gasteiger partial charge in [-0.05, 0) is 18.1 Å². The Bertz CT molecular complexity index is 919. The van der Waals surface area contributed by atoms with Crippen molar-refractivity contribution in [1.29, 1.82) is 5.26 Å². The number of rotatable bonds is 6. The molecule has 3 rings (SSSR count). The maximum Gasteiger partial charge on any atom is 0.255 e. The molecule has 132 valence electrons. The first-order chi connectivity index (χ1) is 12.6. The van der Waals surface area contributed by atoms with Gasteiger partial charge in [-0.1, -0.05) is 32.0 Å². The smallest absolute Gasteiger partial charge is 0.255 e. The van der Waals surface area contributed by atoms with Gasteiger partial charge in [-0.25, -0.2) is 4.68 Å². The van der Waals surface area contributed by atoms with Gasteiger partial charge >= 0.3 is 0 Å². The van der Waals surface area contributed by atoms with Crippen LogP contribution in [0.3, 0.4) is 0 Å². The highest BCUT2D eigenvalue weighted by atomic mass is 16.1. The molecule has 1 atom stereocenters. The molecule has 0 aliphatic heterocycles. The minimum Gasteiger partial charge on any atom is -0.332 e. The summed E-state index contributed by atoms with van der Waals surface area (Å²) in [6, 6.07) is 10.9. The Morgan fingerprint density at radius 1 is 1.19 bits per heavy atom. The van der Waals surface area contributed by atoms with Crippen molar-refractivity contribution in [1.82, 2.24) is 24.9 Å². The number of nitrogens with zero attached hydrogens (tertiary/aromatic N) is 5. The van der Waals surface area contributed by atoms with E-state index in [1.165, 1.54) is 6.20 Å². The number of para-hydroxylation sites is 1. The quantitative estimate of drug-likeness (QED) is 0.742. The second-order valence-corrected chi connectivity index (χ2v) is 6.43. The molecule has 0 spiro atoms. The zero-order valence-electron chi connectivity index (χ0n) is 14.7. The minimum absolute atomic E-state index is 0.334. The van der Waals surface area contributed by atoms with E-state index in [0.29, 0.717) is 17.0 Å². The van der Waals surface area contributed by atoms with Crippen LogP contribution in [0.1, 0.15) is 35.8 Å². The van der Waals surface area contributed by atoms with Crippen molar-refractivity contribution in [2.24, 2.45) is 5.92 Å². The SMILES string of the molecule is CC(C)Cn1cc(C(=O)NC(C#N)c2cnn(-c3ccccc3)c2)cn1. The van der Waals surface area contributed by atoms with Crippen LogP contribution >= 0.6 is 0 Å². The topological polar surface area (TPSA) is 88.5 Å². The summed E-state index contributed by atoms with van der Waals surface area (Å²) < 4.78 is 3.40. The van der Waals surface area contributed by atoms with Crippen LogP contribution in [0, 0.1) is 17.2 Å². The third-order valence-electron chi connectivity index (χ3n) is 3.81. The van der Waals surface area contributed by atoms with Crippen LogP contribution in [-0.2, 0) is 6.54 Å². The van der Waals surface area contributed by atoms with Crippen molar-refractivity contribution in [2.45, 2.75) is 26.4 Å². The Morgan fingerprint density at radius 2 is 1.96 bits per heavy atom. The van der Waals surface area contributed by atoms with Gasteiger partial charge in [0.1, 0.15) is 6.04 Å². The molecule has 2 aromatic heterocycles. The van der Waals surface area contributed by atoms with Gasteiger partial charge in [0.05, 0.1) is 29.7 Å². The lowest BCUT2D eigenvalue weighted by atomic mass is 10.1. The normalized spacial score (nSPS) is 11.9. The van der Waals surface area contributed by atoms with Crippen molar-refractivity contribution in [3.05, 3.63) is 66.2 Å². The average molecular weight is 348 g/mol. The summed E-state index contributed by atoms with van der Waals surface area (Å²) >= 11 is 0. The van der Waals surface area contributed by atoms with Crippen LogP contribution in [0.25, 0.3) is 5.69 Å². The Balaban J connectivity index is 1.72. The van der Waals surface area contributed by atoms with Gasteiger partial charge in [0.2, 0.25) is 0 Å². The number of nitriles is 1. The zero-order chi connectivity index (χ0) is 18.5. The van der Waals surface area contributed by atoms with Crippen LogP contribution < -0.4 is 5.32 Å². The van der Waals surface area contributed by atoms with Gasteiger partial charge in [0, 0.05) is 24.5 Å². The summed E-state index contributed by atoms with van der Waals surface area (Å²) in [7, 11) is 0. The molecule has 2 heterocycles. The van der Waals surface area contributed by atoms with Crippen molar-refractivity contribution < 1.29 is 4.79 Å². The van der Waals surface area contributed by atoms with E-state index in [1.54, 1.807) is 28.0 Å². The molecule has 0 aliphatic carbocycles. The molecule has 0 fully saturated rings. The largest absolute Gasteiger partial charge is 0.332 e. The predicted molar refractivity (Wildman–Crippen MR) is 96.4 cm³/mol. The molecule has 7 heteroatoms. The van der Waals surface area contributed by atoms with Crippen LogP contribution in [0.15, 0.2) is 55.1 Å². The number of benzene rings is 1. The first-order valence-electron chi connectivity index (χ1n) is 8.39. The Morgan fingerprint density at radius 3 is 2.65 bits per heavy atom. The van der Waals surface area contributed by atoms with Gasteiger partial charge < -0.3 is 5.32 Å². The maximum absolute atomic E-state index is 12.4. The van der Waals surface area contributed by atoms with E-state index in [-0.39, 0.29) is 5.91 Å². The summed E-state index contributed by atoms with van der Waals surface area (Å²) in [6.07, 6.45) is 6.53. The number of nitrogens with one attached hydrogen (secondary N) is 1. The number of hydrogen-bond acceptors (Lipinski definition) is 4. The van der Waals surface area contributed by atoms with Crippen LogP contribution in [0.4, 0.5) is 0 Å². The molecular formula is C19H20N6O. The van der Waals surface area contributed by atoms with E-state index in [4.69, 9.17) is 0 Å². The third kappa shape index (κ3) is 3.98. The van der Waals surface area contributed by atoms with Gasteiger partial charge in [-0.15, -0.1) is 0 Å². The highest BCUT2D eigenvalue weighted by molar-refractivity contribution is 5.94. The zero-order valence-corrected chi connectivity index (χ0v) is 14.7. The van der Waals surface area contributed by atoms with Crippen LogP contribution in [0.2, 0.25) is 0 Å². The standard InChI is InChI=1S/C19H20N6O/c1-14(2)11-24-12-16(10-21-24)19(26)23-18(8-20)15-9-22-25(13-15)17-6-4-3-5-7-17/h3-7,9-10,12-14,18H,11H2,1-2H3,(H,23,26). The number of hydrogen-bond donors (Lipinski definition) is 1. The second-order valence-electron chi connectivity index (χ2n) is 6.43. The van der Waals surface area contributed by atoms with Crippen LogP contribution in [0.5, 0.6) is 0 Å². The van der Waals surface area contributed by atoms with E-state index in [1.807, 2.05) is 30.3 Å². The molecule has 1 amide bonds. The van der Waals surface area contributed by atoms with E-state index in [2.05, 4.69) is 35.4 Å². The second kappa shape index (κ2) is 7.66. The fraction of sp³-hybridized carbons (Fsp3) is 0.263. The summed E-state index contributed by atoms with van der Waals surface area (Å²) in [6.45, 7) is 4.90. The lowest BCUT2D eigenvalue weighted by Gasteiger charge is -2.08. The van der Waals surface area contributed by atoms with E-state index >= 15 is 0 Å². The number of carbonyl (C=O) groups excluding carboxylic acids is 1. The molecular weight excluding hydrogens is 328 g/mol. The van der Waals surface area contributed by atoms with Crippen molar-refractivity contribution in [3.8, 4) is 11.8 Å². The summed E-state index contributed by atoms with van der Waals surface area (Å²) in [5, 5.41) is 20.6. The first kappa shape index (κ1) is 17.4. The lowest BCUT2D eigenvalue weighted by molar-refractivity contribution is 0.0945. The van der Waals surface area contributed by atoms with Crippen molar-refractivity contribution in [2.75, 3.05) is 0 Å². The molecule has 0 saturated carbocycles. The molecule has 0 radical (unpaired) electrons. The fourth-order valence-corrected chi connectivity index (χ4v) is 2.57. The van der Waals surface area contributed by atoms with Crippen molar-refractivity contribution in [3.63, 3.8) is 0 Å².